The van der Waals surface area contributed by atoms with E-state index in [4.69, 9.17) is 23.7 Å². The maximum atomic E-state index is 13.1. The number of anilines is 1. The first-order chi connectivity index (χ1) is 18.4. The fourth-order valence-electron chi connectivity index (χ4n) is 5.82. The van der Waals surface area contributed by atoms with Crippen molar-refractivity contribution in [3.05, 3.63) is 48.2 Å². The molecule has 2 fully saturated rings. The highest BCUT2D eigenvalue weighted by atomic mass is 16.8. The third-order valence-electron chi connectivity index (χ3n) is 7.65. The Labute approximate surface area is 221 Å². The molecule has 1 aromatic carbocycles. The van der Waals surface area contributed by atoms with Gasteiger partial charge in [0.2, 0.25) is 11.8 Å². The Kier molecular flexibility index (Phi) is 6.57. The highest BCUT2D eigenvalue weighted by Crippen LogP contribution is 2.47. The third-order valence-corrected chi connectivity index (χ3v) is 7.65. The molecule has 1 N–H and O–H groups in total. The lowest BCUT2D eigenvalue weighted by atomic mass is 9.77. The van der Waals surface area contributed by atoms with Crippen LogP contribution in [0.5, 0.6) is 17.4 Å². The van der Waals surface area contributed by atoms with Crippen LogP contribution >= 0.6 is 0 Å². The van der Waals surface area contributed by atoms with Crippen LogP contribution in [-0.4, -0.2) is 48.1 Å². The largest absolute Gasteiger partial charge is 0.486 e. The lowest BCUT2D eigenvalue weighted by Crippen LogP contribution is -2.34. The van der Waals surface area contributed by atoms with E-state index < -0.39 is 5.79 Å². The number of hydrogen-bond donors (Lipinski definition) is 1. The lowest BCUT2D eigenvalue weighted by molar-refractivity contribution is -0.152. The van der Waals surface area contributed by atoms with Crippen molar-refractivity contribution in [2.75, 3.05) is 25.6 Å². The first kappa shape index (κ1) is 24.9. The van der Waals surface area contributed by atoms with Crippen molar-refractivity contribution in [1.29, 1.82) is 0 Å². The van der Waals surface area contributed by atoms with Crippen LogP contribution in [0, 0.1) is 11.8 Å². The molecule has 3 aliphatic rings. The summed E-state index contributed by atoms with van der Waals surface area (Å²) in [4.78, 5) is 22.2. The van der Waals surface area contributed by atoms with Gasteiger partial charge in [-0.05, 0) is 69.7 Å². The van der Waals surface area contributed by atoms with E-state index in [0.29, 0.717) is 30.6 Å². The van der Waals surface area contributed by atoms with Gasteiger partial charge in [0.25, 0.3) is 0 Å². The number of methoxy groups -OCH3 is 1. The smallest absolute Gasteiger partial charge is 0.227 e. The maximum absolute atomic E-state index is 13.1. The molecule has 9 nitrogen and oxygen atoms in total. The molecule has 3 aromatic rings. The van der Waals surface area contributed by atoms with E-state index in [1.807, 2.05) is 50.2 Å². The number of rotatable bonds is 5. The van der Waals surface area contributed by atoms with Crippen LogP contribution < -0.4 is 19.5 Å². The minimum absolute atomic E-state index is 0.0389. The van der Waals surface area contributed by atoms with E-state index in [0.717, 1.165) is 48.0 Å². The van der Waals surface area contributed by atoms with Crippen molar-refractivity contribution in [3.8, 4) is 17.4 Å². The zero-order chi connectivity index (χ0) is 26.3. The number of aromatic nitrogens is 2. The number of carbonyl (C=O) groups is 1. The predicted molar refractivity (Wildman–Crippen MR) is 140 cm³/mol. The monoisotopic (exact) mass is 519 g/mol. The Morgan fingerprint density at radius 3 is 2.58 bits per heavy atom. The molecular weight excluding hydrogens is 486 g/mol. The van der Waals surface area contributed by atoms with Gasteiger partial charge in [-0.3, -0.25) is 9.78 Å². The summed E-state index contributed by atoms with van der Waals surface area (Å²) in [5.74, 6) is 1.43. The van der Waals surface area contributed by atoms with E-state index in [9.17, 15) is 4.79 Å². The predicted octanol–water partition coefficient (Wildman–Crippen LogP) is 5.05. The summed E-state index contributed by atoms with van der Waals surface area (Å²) in [5.41, 5.74) is 3.22. The summed E-state index contributed by atoms with van der Waals surface area (Å²) in [5, 5.41) is 3.07. The fourth-order valence-corrected chi connectivity index (χ4v) is 5.82. The number of amides is 1. The Balaban J connectivity index is 1.15. The van der Waals surface area contributed by atoms with E-state index in [1.165, 1.54) is 0 Å². The number of ether oxygens (including phenoxy) is 5. The van der Waals surface area contributed by atoms with Gasteiger partial charge in [0.05, 0.1) is 24.2 Å². The van der Waals surface area contributed by atoms with Gasteiger partial charge in [-0.1, -0.05) is 0 Å². The number of pyridine rings is 2. The molecule has 6 rings (SSSR count). The number of nitrogens with zero attached hydrogens (tertiary/aromatic N) is 2. The van der Waals surface area contributed by atoms with Crippen molar-refractivity contribution in [2.24, 2.45) is 11.8 Å². The molecular formula is C29H33N3O6. The van der Waals surface area contributed by atoms with Gasteiger partial charge >= 0.3 is 0 Å². The lowest BCUT2D eigenvalue weighted by Gasteiger charge is -2.33. The molecule has 1 aliphatic carbocycles. The van der Waals surface area contributed by atoms with Crippen molar-refractivity contribution in [2.45, 2.75) is 57.5 Å². The minimum Gasteiger partial charge on any atom is -0.486 e. The Bertz CT molecular complexity index is 1340. The number of fused-ring (bicyclic) bond motifs is 2. The van der Waals surface area contributed by atoms with Crippen LogP contribution in [0.3, 0.4) is 0 Å². The average molecular weight is 520 g/mol. The van der Waals surface area contributed by atoms with Crippen LogP contribution in [0.1, 0.15) is 51.2 Å². The van der Waals surface area contributed by atoms with Gasteiger partial charge in [0, 0.05) is 35.5 Å². The second-order valence-electron chi connectivity index (χ2n) is 10.6. The van der Waals surface area contributed by atoms with Crippen molar-refractivity contribution < 1.29 is 28.5 Å². The molecule has 2 aromatic heterocycles. The first-order valence-electron chi connectivity index (χ1n) is 13.3. The van der Waals surface area contributed by atoms with Crippen LogP contribution in [-0.2, 0) is 14.3 Å². The van der Waals surface area contributed by atoms with E-state index in [1.54, 1.807) is 13.3 Å². The molecule has 0 spiro atoms. The molecule has 38 heavy (non-hydrogen) atoms. The van der Waals surface area contributed by atoms with Gasteiger partial charge in [-0.25, -0.2) is 4.98 Å². The van der Waals surface area contributed by atoms with Gasteiger partial charge in [0.1, 0.15) is 19.3 Å². The van der Waals surface area contributed by atoms with Crippen LogP contribution in [0.25, 0.3) is 11.0 Å². The molecule has 2 aliphatic heterocycles. The molecule has 9 heteroatoms. The standard InChI is InChI=1S/C29H33N3O6/c1-29(2)37-26(27(38-29)20-12-13-30-21-9-11-24(34-3)32-25(20)21)17-4-6-18(7-5-17)28(33)31-19-8-10-22-23(16-19)36-15-14-35-22/h8-13,16-18,26-27H,4-7,14-15H2,1-3H3,(H,31,33)/t17?,18?,26-,27-/m1/s1. The van der Waals surface area contributed by atoms with Gasteiger partial charge in [-0.2, -0.15) is 0 Å². The normalized spacial score (nSPS) is 26.2. The van der Waals surface area contributed by atoms with Crippen molar-refractivity contribution in [3.63, 3.8) is 0 Å². The molecule has 200 valence electrons. The summed E-state index contributed by atoms with van der Waals surface area (Å²) >= 11 is 0. The molecule has 0 bridgehead atoms. The summed E-state index contributed by atoms with van der Waals surface area (Å²) < 4.78 is 29.5. The van der Waals surface area contributed by atoms with Gasteiger partial charge in [-0.15, -0.1) is 0 Å². The maximum Gasteiger partial charge on any atom is 0.227 e. The van der Waals surface area contributed by atoms with Crippen molar-refractivity contribution in [1.82, 2.24) is 9.97 Å². The molecule has 2 atom stereocenters. The summed E-state index contributed by atoms with van der Waals surface area (Å²) in [6.45, 7) is 4.95. The van der Waals surface area contributed by atoms with Gasteiger partial charge < -0.3 is 29.0 Å². The third kappa shape index (κ3) is 4.88. The number of benzene rings is 1. The Morgan fingerprint density at radius 2 is 1.79 bits per heavy atom. The van der Waals surface area contributed by atoms with E-state index >= 15 is 0 Å². The second-order valence-corrected chi connectivity index (χ2v) is 10.6. The topological polar surface area (TPSA) is 101 Å². The molecule has 0 radical (unpaired) electrons. The Morgan fingerprint density at radius 1 is 1.00 bits per heavy atom. The average Bonchev–Trinajstić information content (AvgIpc) is 3.27. The van der Waals surface area contributed by atoms with Crippen molar-refractivity contribution >= 4 is 22.6 Å². The molecule has 1 saturated heterocycles. The second kappa shape index (κ2) is 10.0. The highest BCUT2D eigenvalue weighted by molar-refractivity contribution is 5.93. The highest BCUT2D eigenvalue weighted by Gasteiger charge is 2.47. The van der Waals surface area contributed by atoms with E-state index in [2.05, 4.69) is 15.3 Å². The quantitative estimate of drug-likeness (QED) is 0.500. The number of carbonyl (C=O) groups excluding carboxylic acids is 1. The van der Waals surface area contributed by atoms with Gasteiger partial charge in [0.15, 0.2) is 17.3 Å². The minimum atomic E-state index is -0.726. The SMILES string of the molecule is COc1ccc2nccc([C@H]3OC(C)(C)O[C@@H]3C3CCC(C(=O)Nc4ccc5c(c4)OCCO5)CC3)c2n1. The summed E-state index contributed by atoms with van der Waals surface area (Å²) in [6, 6.07) is 11.2. The molecule has 1 amide bonds. The first-order valence-corrected chi connectivity index (χ1v) is 13.3. The zero-order valence-electron chi connectivity index (χ0n) is 21.9. The Hall–Kier alpha value is -3.43. The van der Waals surface area contributed by atoms with Crippen LogP contribution in [0.2, 0.25) is 0 Å². The van der Waals surface area contributed by atoms with E-state index in [-0.39, 0.29) is 30.0 Å². The molecule has 0 unspecified atom stereocenters. The van der Waals surface area contributed by atoms with Crippen LogP contribution in [0.15, 0.2) is 42.6 Å². The summed E-state index contributed by atoms with van der Waals surface area (Å²) in [7, 11) is 1.60. The zero-order valence-corrected chi connectivity index (χ0v) is 21.9. The molecule has 1 saturated carbocycles. The summed E-state index contributed by atoms with van der Waals surface area (Å²) in [6.07, 6.45) is 4.68. The van der Waals surface area contributed by atoms with Crippen LogP contribution in [0.4, 0.5) is 5.69 Å². The molecule has 4 heterocycles. The number of hydrogen-bond acceptors (Lipinski definition) is 8. The number of nitrogens with one attached hydrogen (secondary N) is 1. The fraction of sp³-hybridized carbons (Fsp3) is 0.483.